The van der Waals surface area contributed by atoms with Crippen LogP contribution >= 0.6 is 0 Å². The van der Waals surface area contributed by atoms with Crippen molar-refractivity contribution >= 4 is 0 Å². The van der Waals surface area contributed by atoms with Gasteiger partial charge in [-0.2, -0.15) is 0 Å². The van der Waals surface area contributed by atoms with E-state index in [2.05, 4.69) is 4.90 Å². The molecule has 2 rings (SSSR count). The molecule has 3 nitrogen and oxygen atoms in total. The fraction of sp³-hybridized carbons (Fsp3) is 0.583. The maximum atomic E-state index is 11.2. The lowest BCUT2D eigenvalue weighted by molar-refractivity contribution is 0.343. The van der Waals surface area contributed by atoms with Crippen molar-refractivity contribution < 1.29 is 0 Å². The summed E-state index contributed by atoms with van der Waals surface area (Å²) in [6.45, 7) is 3.61. The minimum atomic E-state index is 0.0694. The van der Waals surface area contributed by atoms with Gasteiger partial charge in [0.1, 0.15) is 0 Å². The SMILES string of the molecule is Cn1cc(CCN2CCCC2)ccc1=O. The van der Waals surface area contributed by atoms with Crippen LogP contribution in [-0.4, -0.2) is 29.1 Å². The van der Waals surface area contributed by atoms with Gasteiger partial charge in [-0.05, 0) is 37.9 Å². The third kappa shape index (κ3) is 2.69. The molecule has 0 amide bonds. The monoisotopic (exact) mass is 206 g/mol. The molecule has 1 aromatic rings. The van der Waals surface area contributed by atoms with Crippen LogP contribution in [0.3, 0.4) is 0 Å². The highest BCUT2D eigenvalue weighted by Crippen LogP contribution is 2.08. The molecular formula is C12H18N2O. The standard InChI is InChI=1S/C12H18N2O/c1-13-10-11(4-5-12(13)15)6-9-14-7-2-3-8-14/h4-5,10H,2-3,6-9H2,1H3. The molecule has 0 bridgehead atoms. The minimum Gasteiger partial charge on any atom is -0.318 e. The molecule has 1 saturated heterocycles. The van der Waals surface area contributed by atoms with E-state index in [1.54, 1.807) is 10.6 Å². The van der Waals surface area contributed by atoms with Crippen LogP contribution in [0.1, 0.15) is 18.4 Å². The number of pyridine rings is 1. The molecule has 0 saturated carbocycles. The van der Waals surface area contributed by atoms with E-state index < -0.39 is 0 Å². The first-order chi connectivity index (χ1) is 7.25. The van der Waals surface area contributed by atoms with E-state index in [1.807, 2.05) is 19.3 Å². The van der Waals surface area contributed by atoms with Crippen LogP contribution in [0.25, 0.3) is 0 Å². The Kier molecular flexibility index (Phi) is 3.21. The zero-order valence-electron chi connectivity index (χ0n) is 9.28. The highest BCUT2D eigenvalue weighted by Gasteiger charge is 2.10. The molecule has 0 atom stereocenters. The largest absolute Gasteiger partial charge is 0.318 e. The Morgan fingerprint density at radius 2 is 2.00 bits per heavy atom. The van der Waals surface area contributed by atoms with Gasteiger partial charge in [-0.1, -0.05) is 6.07 Å². The van der Waals surface area contributed by atoms with Crippen molar-refractivity contribution in [2.45, 2.75) is 19.3 Å². The normalized spacial score (nSPS) is 17.1. The molecule has 1 aromatic heterocycles. The summed E-state index contributed by atoms with van der Waals surface area (Å²) in [6.07, 6.45) is 5.67. The van der Waals surface area contributed by atoms with Gasteiger partial charge in [0.05, 0.1) is 0 Å². The van der Waals surface area contributed by atoms with E-state index in [0.717, 1.165) is 13.0 Å². The summed E-state index contributed by atoms with van der Waals surface area (Å²) < 4.78 is 1.65. The first-order valence-electron chi connectivity index (χ1n) is 5.63. The summed E-state index contributed by atoms with van der Waals surface area (Å²) in [4.78, 5) is 13.7. The second-order valence-electron chi connectivity index (χ2n) is 4.29. The number of hydrogen-bond acceptors (Lipinski definition) is 2. The average Bonchev–Trinajstić information content (AvgIpc) is 2.73. The number of nitrogens with zero attached hydrogens (tertiary/aromatic N) is 2. The molecule has 1 fully saturated rings. The van der Waals surface area contributed by atoms with Gasteiger partial charge in [-0.15, -0.1) is 0 Å². The fourth-order valence-corrected chi connectivity index (χ4v) is 2.09. The molecule has 1 aliphatic heterocycles. The molecule has 0 aromatic carbocycles. The Labute approximate surface area is 90.3 Å². The topological polar surface area (TPSA) is 25.2 Å². The molecule has 0 aliphatic carbocycles. The summed E-state index contributed by atoms with van der Waals surface area (Å²) in [5.74, 6) is 0. The lowest BCUT2D eigenvalue weighted by Gasteiger charge is -2.14. The number of aryl methyl sites for hydroxylation is 1. The summed E-state index contributed by atoms with van der Waals surface area (Å²) in [6, 6.07) is 3.59. The Bertz CT molecular complexity index is 377. The molecule has 0 unspecified atom stereocenters. The van der Waals surface area contributed by atoms with Crippen molar-refractivity contribution in [1.82, 2.24) is 9.47 Å². The van der Waals surface area contributed by atoms with Crippen LogP contribution < -0.4 is 5.56 Å². The van der Waals surface area contributed by atoms with Crippen LogP contribution in [-0.2, 0) is 13.5 Å². The zero-order chi connectivity index (χ0) is 10.7. The molecule has 0 spiro atoms. The predicted molar refractivity (Wildman–Crippen MR) is 61.1 cm³/mol. The Hall–Kier alpha value is -1.09. The number of hydrogen-bond donors (Lipinski definition) is 0. The maximum absolute atomic E-state index is 11.2. The van der Waals surface area contributed by atoms with Crippen molar-refractivity contribution in [1.29, 1.82) is 0 Å². The van der Waals surface area contributed by atoms with Crippen molar-refractivity contribution in [3.8, 4) is 0 Å². The summed E-state index contributed by atoms with van der Waals surface area (Å²) >= 11 is 0. The van der Waals surface area contributed by atoms with Gasteiger partial charge in [0.15, 0.2) is 0 Å². The van der Waals surface area contributed by atoms with E-state index >= 15 is 0 Å². The maximum Gasteiger partial charge on any atom is 0.250 e. The number of rotatable bonds is 3. The van der Waals surface area contributed by atoms with Crippen molar-refractivity contribution in [3.05, 3.63) is 34.2 Å². The van der Waals surface area contributed by atoms with E-state index in [4.69, 9.17) is 0 Å². The molecule has 0 N–H and O–H groups in total. The van der Waals surface area contributed by atoms with Crippen molar-refractivity contribution in [2.24, 2.45) is 7.05 Å². The lowest BCUT2D eigenvalue weighted by Crippen LogP contribution is -2.23. The minimum absolute atomic E-state index is 0.0694. The average molecular weight is 206 g/mol. The predicted octanol–water partition coefficient (Wildman–Crippen LogP) is 1.02. The molecule has 82 valence electrons. The van der Waals surface area contributed by atoms with Crippen LogP contribution in [0, 0.1) is 0 Å². The van der Waals surface area contributed by atoms with Crippen molar-refractivity contribution in [2.75, 3.05) is 19.6 Å². The molecule has 2 heterocycles. The van der Waals surface area contributed by atoms with E-state index in [-0.39, 0.29) is 5.56 Å². The third-order valence-corrected chi connectivity index (χ3v) is 3.06. The van der Waals surface area contributed by atoms with Gasteiger partial charge >= 0.3 is 0 Å². The smallest absolute Gasteiger partial charge is 0.250 e. The van der Waals surface area contributed by atoms with Crippen molar-refractivity contribution in [3.63, 3.8) is 0 Å². The van der Waals surface area contributed by atoms with Gasteiger partial charge in [-0.25, -0.2) is 0 Å². The molecule has 1 aliphatic rings. The van der Waals surface area contributed by atoms with Gasteiger partial charge < -0.3 is 9.47 Å². The highest BCUT2D eigenvalue weighted by molar-refractivity contribution is 5.10. The Balaban J connectivity index is 1.92. The van der Waals surface area contributed by atoms with E-state index in [0.29, 0.717) is 0 Å². The summed E-state index contributed by atoms with van der Waals surface area (Å²) in [5, 5.41) is 0. The molecular weight excluding hydrogens is 188 g/mol. The van der Waals surface area contributed by atoms with E-state index in [1.165, 1.54) is 31.5 Å². The summed E-state index contributed by atoms with van der Waals surface area (Å²) in [5.41, 5.74) is 1.32. The number of likely N-dealkylation sites (tertiary alicyclic amines) is 1. The van der Waals surface area contributed by atoms with Gasteiger partial charge in [-0.3, -0.25) is 4.79 Å². The zero-order valence-corrected chi connectivity index (χ0v) is 9.28. The highest BCUT2D eigenvalue weighted by atomic mass is 16.1. The Morgan fingerprint density at radius 3 is 2.67 bits per heavy atom. The first-order valence-corrected chi connectivity index (χ1v) is 5.63. The van der Waals surface area contributed by atoms with Crippen LogP contribution in [0.4, 0.5) is 0 Å². The Morgan fingerprint density at radius 1 is 1.27 bits per heavy atom. The summed E-state index contributed by atoms with van der Waals surface area (Å²) in [7, 11) is 1.81. The quantitative estimate of drug-likeness (QED) is 0.738. The fourth-order valence-electron chi connectivity index (χ4n) is 2.09. The lowest BCUT2D eigenvalue weighted by atomic mass is 10.2. The van der Waals surface area contributed by atoms with Crippen LogP contribution in [0.2, 0.25) is 0 Å². The second kappa shape index (κ2) is 4.62. The molecule has 3 heteroatoms. The third-order valence-electron chi connectivity index (χ3n) is 3.06. The van der Waals surface area contributed by atoms with Crippen LogP contribution in [0.5, 0.6) is 0 Å². The molecule has 0 radical (unpaired) electrons. The van der Waals surface area contributed by atoms with Gasteiger partial charge in [0, 0.05) is 25.9 Å². The van der Waals surface area contributed by atoms with Gasteiger partial charge in [0.25, 0.3) is 0 Å². The van der Waals surface area contributed by atoms with Gasteiger partial charge in [0.2, 0.25) is 5.56 Å². The first kappa shape index (κ1) is 10.4. The second-order valence-corrected chi connectivity index (χ2v) is 4.29. The number of aromatic nitrogens is 1. The molecule has 15 heavy (non-hydrogen) atoms. The van der Waals surface area contributed by atoms with E-state index in [9.17, 15) is 4.79 Å². The van der Waals surface area contributed by atoms with Crippen LogP contribution in [0.15, 0.2) is 23.1 Å².